The Bertz CT molecular complexity index is 1730. The van der Waals surface area contributed by atoms with Gasteiger partial charge >= 0.3 is 0 Å². The number of ether oxygens (including phenoxy) is 2. The smallest absolute Gasteiger partial charge is 0.264 e. The van der Waals surface area contributed by atoms with Crippen molar-refractivity contribution in [3.05, 3.63) is 119 Å². The van der Waals surface area contributed by atoms with Gasteiger partial charge in [0, 0.05) is 31.1 Å². The first-order valence-corrected chi connectivity index (χ1v) is 16.0. The maximum absolute atomic E-state index is 14.4. The Kier molecular flexibility index (Phi) is 11.1. The zero-order valence-electron chi connectivity index (χ0n) is 25.6. The lowest BCUT2D eigenvalue weighted by atomic mass is 10.0. The van der Waals surface area contributed by atoms with Crippen molar-refractivity contribution in [2.75, 3.05) is 32.1 Å². The molecule has 0 heterocycles. The minimum atomic E-state index is -4.27. The largest absolute Gasteiger partial charge is 0.493 e. The first-order chi connectivity index (χ1) is 21.6. The lowest BCUT2D eigenvalue weighted by Gasteiger charge is -2.34. The highest BCUT2D eigenvalue weighted by Gasteiger charge is 2.35. The predicted octanol–water partition coefficient (Wildman–Crippen LogP) is 5.25. The van der Waals surface area contributed by atoms with Crippen LogP contribution in [-0.2, 0) is 32.6 Å². The Morgan fingerprint density at radius 1 is 0.867 bits per heavy atom. The predicted molar refractivity (Wildman–Crippen MR) is 175 cm³/mol. The van der Waals surface area contributed by atoms with E-state index >= 15 is 0 Å². The molecule has 0 saturated heterocycles. The fraction of sp³-hybridized carbons (Fsp3) is 0.235. The number of nitrogens with zero attached hydrogens (tertiary/aromatic N) is 2. The molecule has 4 aromatic carbocycles. The first-order valence-electron chi connectivity index (χ1n) is 14.2. The topological polar surface area (TPSA) is 105 Å². The second-order valence-electron chi connectivity index (χ2n) is 10.3. The van der Waals surface area contributed by atoms with Crippen molar-refractivity contribution >= 4 is 39.1 Å². The third-order valence-electron chi connectivity index (χ3n) is 7.36. The van der Waals surface area contributed by atoms with Gasteiger partial charge in [0.1, 0.15) is 12.6 Å². The number of sulfonamides is 1. The third-order valence-corrected chi connectivity index (χ3v) is 9.52. The molecule has 45 heavy (non-hydrogen) atoms. The van der Waals surface area contributed by atoms with Crippen molar-refractivity contribution in [2.24, 2.45) is 0 Å². The van der Waals surface area contributed by atoms with Gasteiger partial charge in [-0.2, -0.15) is 0 Å². The van der Waals surface area contributed by atoms with Crippen molar-refractivity contribution in [3.8, 4) is 11.5 Å². The Morgan fingerprint density at radius 3 is 2.13 bits per heavy atom. The van der Waals surface area contributed by atoms with Gasteiger partial charge in [0.05, 0.1) is 24.8 Å². The average Bonchev–Trinajstić information content (AvgIpc) is 3.05. The van der Waals surface area contributed by atoms with Crippen LogP contribution in [0.3, 0.4) is 0 Å². The van der Waals surface area contributed by atoms with Gasteiger partial charge in [-0.3, -0.25) is 13.9 Å². The van der Waals surface area contributed by atoms with E-state index in [1.165, 1.54) is 44.4 Å². The van der Waals surface area contributed by atoms with Crippen LogP contribution in [0.4, 0.5) is 5.69 Å². The number of hydrogen-bond donors (Lipinski definition) is 1. The molecule has 0 aromatic heterocycles. The van der Waals surface area contributed by atoms with Crippen molar-refractivity contribution < 1.29 is 27.5 Å². The Morgan fingerprint density at radius 2 is 1.51 bits per heavy atom. The van der Waals surface area contributed by atoms with Gasteiger partial charge in [0.15, 0.2) is 11.5 Å². The fourth-order valence-corrected chi connectivity index (χ4v) is 6.48. The van der Waals surface area contributed by atoms with Gasteiger partial charge in [0.2, 0.25) is 11.8 Å². The van der Waals surface area contributed by atoms with Gasteiger partial charge in [-0.05, 0) is 48.4 Å². The maximum Gasteiger partial charge on any atom is 0.264 e. The van der Waals surface area contributed by atoms with E-state index in [0.717, 1.165) is 15.4 Å². The maximum atomic E-state index is 14.4. The number of anilines is 1. The van der Waals surface area contributed by atoms with E-state index in [0.29, 0.717) is 16.3 Å². The molecule has 0 fully saturated rings. The highest BCUT2D eigenvalue weighted by atomic mass is 35.5. The molecule has 1 atom stereocenters. The number of carbonyl (C=O) groups is 2. The number of benzene rings is 4. The number of halogens is 1. The molecule has 0 radical (unpaired) electrons. The number of rotatable bonds is 13. The molecule has 0 aliphatic carbocycles. The molecule has 9 nitrogen and oxygen atoms in total. The summed E-state index contributed by atoms with van der Waals surface area (Å²) in [6.07, 6.45) is 0.192. The number of carbonyl (C=O) groups excluding carboxylic acids is 2. The quantitative estimate of drug-likeness (QED) is 0.212. The van der Waals surface area contributed by atoms with Crippen molar-refractivity contribution in [1.82, 2.24) is 10.2 Å². The minimum absolute atomic E-state index is 0.000440. The van der Waals surface area contributed by atoms with Gasteiger partial charge in [-0.1, -0.05) is 77.8 Å². The number of amides is 2. The lowest BCUT2D eigenvalue weighted by molar-refractivity contribution is -0.139. The van der Waals surface area contributed by atoms with Gasteiger partial charge in [-0.15, -0.1) is 0 Å². The molecule has 11 heteroatoms. The Hall–Kier alpha value is -4.54. The molecule has 236 valence electrons. The van der Waals surface area contributed by atoms with Gasteiger partial charge in [0.25, 0.3) is 10.0 Å². The minimum Gasteiger partial charge on any atom is -0.493 e. The number of hydrogen-bond acceptors (Lipinski definition) is 6. The van der Waals surface area contributed by atoms with Crippen molar-refractivity contribution in [2.45, 2.75) is 30.8 Å². The summed E-state index contributed by atoms with van der Waals surface area (Å²) >= 11 is 6.51. The third kappa shape index (κ3) is 7.95. The Balaban J connectivity index is 1.83. The van der Waals surface area contributed by atoms with Crippen LogP contribution in [0.1, 0.15) is 16.7 Å². The second-order valence-corrected chi connectivity index (χ2v) is 12.6. The molecular weight excluding hydrogens is 614 g/mol. The molecule has 0 aliphatic rings. The molecule has 1 N–H and O–H groups in total. The second kappa shape index (κ2) is 15.0. The van der Waals surface area contributed by atoms with E-state index in [1.807, 2.05) is 37.3 Å². The summed E-state index contributed by atoms with van der Waals surface area (Å²) in [7, 11) is 0.135. The SMILES string of the molecule is CNC(=O)C(Cc1ccccc1)N(Cc1ccccc1Cl)C(=O)CN(c1ccc(OC)c(OC)c1)S(=O)(=O)c1ccc(C)cc1. The molecule has 4 aromatic rings. The van der Waals surface area contributed by atoms with Crippen molar-refractivity contribution in [3.63, 3.8) is 0 Å². The molecule has 4 rings (SSSR count). The molecular formula is C34H36ClN3O6S. The fourth-order valence-electron chi connectivity index (χ4n) is 4.88. The van der Waals surface area contributed by atoms with E-state index < -0.39 is 34.4 Å². The number of likely N-dealkylation sites (N-methyl/N-ethyl adjacent to an activating group) is 1. The molecule has 0 bridgehead atoms. The van der Waals surface area contributed by atoms with Crippen LogP contribution in [0, 0.1) is 6.92 Å². The van der Waals surface area contributed by atoms with Crippen LogP contribution >= 0.6 is 11.6 Å². The van der Waals surface area contributed by atoms with E-state index in [1.54, 1.807) is 48.5 Å². The molecule has 0 saturated carbocycles. The molecule has 2 amide bonds. The van der Waals surface area contributed by atoms with E-state index in [-0.39, 0.29) is 29.3 Å². The summed E-state index contributed by atoms with van der Waals surface area (Å²) in [5.41, 5.74) is 2.49. The van der Waals surface area contributed by atoms with Crippen LogP contribution in [-0.4, -0.2) is 59.0 Å². The van der Waals surface area contributed by atoms with Gasteiger partial charge in [-0.25, -0.2) is 8.42 Å². The molecule has 0 aliphatic heterocycles. The monoisotopic (exact) mass is 649 g/mol. The zero-order chi connectivity index (χ0) is 32.6. The molecule has 1 unspecified atom stereocenters. The Labute approximate surface area is 269 Å². The number of nitrogens with one attached hydrogen (secondary N) is 1. The number of aryl methyl sites for hydroxylation is 1. The van der Waals surface area contributed by atoms with Crippen LogP contribution in [0.2, 0.25) is 5.02 Å². The van der Waals surface area contributed by atoms with E-state index in [4.69, 9.17) is 21.1 Å². The summed E-state index contributed by atoms with van der Waals surface area (Å²) in [6, 6.07) is 26.3. The van der Waals surface area contributed by atoms with E-state index in [9.17, 15) is 18.0 Å². The summed E-state index contributed by atoms with van der Waals surface area (Å²) in [6.45, 7) is 1.20. The van der Waals surface area contributed by atoms with Crippen LogP contribution < -0.4 is 19.1 Å². The highest BCUT2D eigenvalue weighted by molar-refractivity contribution is 7.92. The highest BCUT2D eigenvalue weighted by Crippen LogP contribution is 2.34. The molecule has 0 spiro atoms. The van der Waals surface area contributed by atoms with Crippen LogP contribution in [0.25, 0.3) is 0 Å². The van der Waals surface area contributed by atoms with Gasteiger partial charge < -0.3 is 19.7 Å². The zero-order valence-corrected chi connectivity index (χ0v) is 27.1. The first kappa shape index (κ1) is 33.4. The number of methoxy groups -OCH3 is 2. The summed E-state index contributed by atoms with van der Waals surface area (Å²) in [4.78, 5) is 29.2. The average molecular weight is 650 g/mol. The van der Waals surface area contributed by atoms with Crippen LogP contribution in [0.5, 0.6) is 11.5 Å². The lowest BCUT2D eigenvalue weighted by Crippen LogP contribution is -2.53. The normalized spacial score (nSPS) is 11.8. The van der Waals surface area contributed by atoms with Crippen molar-refractivity contribution in [1.29, 1.82) is 0 Å². The summed E-state index contributed by atoms with van der Waals surface area (Å²) in [5.74, 6) is -0.335. The van der Waals surface area contributed by atoms with Crippen LogP contribution in [0.15, 0.2) is 102 Å². The summed E-state index contributed by atoms with van der Waals surface area (Å²) < 4.78 is 40.2. The summed E-state index contributed by atoms with van der Waals surface area (Å²) in [5, 5.41) is 3.08. The standard InChI is InChI=1S/C34H36ClN3O6S/c1-24-14-17-28(18-15-24)45(41,42)38(27-16-19-31(43-3)32(21-27)44-4)23-33(39)37(22-26-12-8-9-13-29(26)35)30(34(40)36-2)20-25-10-6-5-7-11-25/h5-19,21,30H,20,22-23H2,1-4H3,(H,36,40). The van der Waals surface area contributed by atoms with E-state index in [2.05, 4.69) is 5.32 Å².